The number of hydrogen-bond acceptors (Lipinski definition) is 3. The molecular formula is C21H21N3O2. The van der Waals surface area contributed by atoms with Gasteiger partial charge in [-0.2, -0.15) is 0 Å². The quantitative estimate of drug-likeness (QED) is 0.680. The number of anilines is 1. The first kappa shape index (κ1) is 16.5. The maximum absolute atomic E-state index is 13.4. The van der Waals surface area contributed by atoms with Crippen molar-refractivity contribution < 1.29 is 9.59 Å². The lowest BCUT2D eigenvalue weighted by Gasteiger charge is -2.18. The minimum Gasteiger partial charge on any atom is -0.306 e. The van der Waals surface area contributed by atoms with Crippen molar-refractivity contribution in [3.63, 3.8) is 0 Å². The van der Waals surface area contributed by atoms with Gasteiger partial charge in [0.1, 0.15) is 11.3 Å². The second kappa shape index (κ2) is 6.09. The van der Waals surface area contributed by atoms with Crippen LogP contribution in [0.25, 0.3) is 5.65 Å². The summed E-state index contributed by atoms with van der Waals surface area (Å²) in [5, 5.41) is 0. The second-order valence-corrected chi connectivity index (χ2v) is 6.75. The van der Waals surface area contributed by atoms with Gasteiger partial charge in [0.25, 0.3) is 5.91 Å². The summed E-state index contributed by atoms with van der Waals surface area (Å²) < 4.78 is 1.90. The molecule has 0 aliphatic carbocycles. The number of benzene rings is 1. The van der Waals surface area contributed by atoms with Crippen LogP contribution >= 0.6 is 0 Å². The Morgan fingerprint density at radius 3 is 2.77 bits per heavy atom. The van der Waals surface area contributed by atoms with Crippen molar-refractivity contribution in [1.82, 2.24) is 9.38 Å². The largest absolute Gasteiger partial charge is 0.306 e. The molecule has 26 heavy (non-hydrogen) atoms. The monoisotopic (exact) mass is 347 g/mol. The van der Waals surface area contributed by atoms with E-state index < -0.39 is 0 Å². The maximum Gasteiger partial charge on any atom is 0.277 e. The third kappa shape index (κ3) is 2.43. The zero-order chi connectivity index (χ0) is 18.4. The topological polar surface area (TPSA) is 54.7 Å². The molecule has 1 aliphatic rings. The smallest absolute Gasteiger partial charge is 0.277 e. The standard InChI is InChI=1S/C21H21N3O2/c1-4-17-19(24-10-5-6-13(2)20(24)22-17)21(26)23-11-9-16-12-15(14(3)25)7-8-18(16)23/h5-8,10,12H,4,9,11H2,1-3H3. The summed E-state index contributed by atoms with van der Waals surface area (Å²) in [4.78, 5) is 31.5. The van der Waals surface area contributed by atoms with E-state index in [1.807, 2.05) is 53.6 Å². The average molecular weight is 347 g/mol. The van der Waals surface area contributed by atoms with Crippen molar-refractivity contribution >= 4 is 23.0 Å². The number of nitrogens with zero attached hydrogens (tertiary/aromatic N) is 3. The first-order chi connectivity index (χ1) is 12.5. The van der Waals surface area contributed by atoms with Gasteiger partial charge < -0.3 is 4.90 Å². The van der Waals surface area contributed by atoms with Gasteiger partial charge in [0, 0.05) is 24.0 Å². The highest BCUT2D eigenvalue weighted by molar-refractivity contribution is 6.08. The SMILES string of the molecule is CCc1nc2c(C)cccn2c1C(=O)N1CCc2cc(C(C)=O)ccc21. The number of aromatic nitrogens is 2. The van der Waals surface area contributed by atoms with E-state index >= 15 is 0 Å². The predicted octanol–water partition coefficient (Wildman–Crippen LogP) is 3.61. The third-order valence-electron chi connectivity index (χ3n) is 5.08. The van der Waals surface area contributed by atoms with Crippen LogP contribution in [0.15, 0.2) is 36.5 Å². The summed E-state index contributed by atoms with van der Waals surface area (Å²) in [7, 11) is 0. The van der Waals surface area contributed by atoms with E-state index in [4.69, 9.17) is 0 Å². The van der Waals surface area contributed by atoms with E-state index in [0.717, 1.165) is 34.6 Å². The maximum atomic E-state index is 13.4. The van der Waals surface area contributed by atoms with Crippen LogP contribution in [0, 0.1) is 6.92 Å². The zero-order valence-corrected chi connectivity index (χ0v) is 15.2. The molecule has 3 heterocycles. The van der Waals surface area contributed by atoms with Crippen molar-refractivity contribution in [3.05, 3.63) is 64.6 Å². The number of amides is 1. The van der Waals surface area contributed by atoms with Gasteiger partial charge in [-0.3, -0.25) is 14.0 Å². The number of carbonyl (C=O) groups is 2. The van der Waals surface area contributed by atoms with Gasteiger partial charge in [-0.1, -0.05) is 13.0 Å². The molecule has 1 amide bonds. The molecule has 0 bridgehead atoms. The van der Waals surface area contributed by atoms with Crippen molar-refractivity contribution in [3.8, 4) is 0 Å². The second-order valence-electron chi connectivity index (χ2n) is 6.75. The number of ketones is 1. The summed E-state index contributed by atoms with van der Waals surface area (Å²) in [6.45, 7) is 6.21. The molecule has 5 nitrogen and oxygen atoms in total. The summed E-state index contributed by atoms with van der Waals surface area (Å²) in [6, 6.07) is 9.54. The van der Waals surface area contributed by atoms with Crippen LogP contribution in [-0.2, 0) is 12.8 Å². The highest BCUT2D eigenvalue weighted by Crippen LogP contribution is 2.31. The molecular weight excluding hydrogens is 326 g/mol. The highest BCUT2D eigenvalue weighted by Gasteiger charge is 2.30. The number of imidazole rings is 1. The summed E-state index contributed by atoms with van der Waals surface area (Å²) in [5.74, 6) is 0.0115. The van der Waals surface area contributed by atoms with Crippen LogP contribution in [0.1, 0.15) is 51.5 Å². The summed E-state index contributed by atoms with van der Waals surface area (Å²) in [6.07, 6.45) is 3.36. The van der Waals surface area contributed by atoms with Gasteiger partial charge >= 0.3 is 0 Å². The predicted molar refractivity (Wildman–Crippen MR) is 101 cm³/mol. The minimum atomic E-state index is -0.0331. The molecule has 0 saturated heterocycles. The van der Waals surface area contributed by atoms with Crippen LogP contribution < -0.4 is 4.90 Å². The van der Waals surface area contributed by atoms with Crippen LogP contribution in [0.4, 0.5) is 5.69 Å². The molecule has 0 atom stereocenters. The van der Waals surface area contributed by atoms with Crippen molar-refractivity contribution in [2.24, 2.45) is 0 Å². The number of Topliss-reactive ketones (excluding diaryl/α,β-unsaturated/α-hetero) is 1. The van der Waals surface area contributed by atoms with Crippen LogP contribution in [0.5, 0.6) is 0 Å². The van der Waals surface area contributed by atoms with Crippen molar-refractivity contribution in [1.29, 1.82) is 0 Å². The summed E-state index contributed by atoms with van der Waals surface area (Å²) in [5.41, 5.74) is 5.97. The molecule has 1 aliphatic heterocycles. The van der Waals surface area contributed by atoms with Gasteiger partial charge in [0.15, 0.2) is 5.78 Å². The number of carbonyl (C=O) groups excluding carboxylic acids is 2. The number of pyridine rings is 1. The van der Waals surface area contributed by atoms with Gasteiger partial charge in [-0.15, -0.1) is 0 Å². The van der Waals surface area contributed by atoms with Crippen LogP contribution in [-0.4, -0.2) is 27.6 Å². The molecule has 3 aromatic rings. The van der Waals surface area contributed by atoms with Crippen LogP contribution in [0.3, 0.4) is 0 Å². The van der Waals surface area contributed by atoms with Crippen molar-refractivity contribution in [2.75, 3.05) is 11.4 Å². The van der Waals surface area contributed by atoms with E-state index in [1.54, 1.807) is 13.0 Å². The Labute approximate surface area is 152 Å². The molecule has 0 spiro atoms. The Morgan fingerprint density at radius 1 is 1.23 bits per heavy atom. The van der Waals surface area contributed by atoms with Gasteiger partial charge in [0.05, 0.1) is 5.69 Å². The lowest BCUT2D eigenvalue weighted by Crippen LogP contribution is -2.30. The Hall–Kier alpha value is -2.95. The molecule has 0 unspecified atom stereocenters. The van der Waals surface area contributed by atoms with Crippen molar-refractivity contribution in [2.45, 2.75) is 33.6 Å². The van der Waals surface area contributed by atoms with E-state index in [-0.39, 0.29) is 11.7 Å². The lowest BCUT2D eigenvalue weighted by molar-refractivity contribution is 0.0981. The fraction of sp³-hybridized carbons (Fsp3) is 0.286. The molecule has 4 rings (SSSR count). The van der Waals surface area contributed by atoms with Gasteiger partial charge in [-0.25, -0.2) is 4.98 Å². The van der Waals surface area contributed by atoms with Crippen LogP contribution in [0.2, 0.25) is 0 Å². The fourth-order valence-corrected chi connectivity index (χ4v) is 3.68. The fourth-order valence-electron chi connectivity index (χ4n) is 3.68. The minimum absolute atomic E-state index is 0.0331. The number of hydrogen-bond donors (Lipinski definition) is 0. The first-order valence-corrected chi connectivity index (χ1v) is 8.93. The molecule has 5 heteroatoms. The number of fused-ring (bicyclic) bond motifs is 2. The first-order valence-electron chi connectivity index (χ1n) is 8.93. The Balaban J connectivity index is 1.80. The summed E-state index contributed by atoms with van der Waals surface area (Å²) >= 11 is 0. The molecule has 132 valence electrons. The third-order valence-corrected chi connectivity index (χ3v) is 5.08. The van der Waals surface area contributed by atoms with Gasteiger partial charge in [0.2, 0.25) is 0 Å². The molecule has 2 aromatic heterocycles. The Bertz CT molecular complexity index is 1050. The average Bonchev–Trinajstić information content (AvgIpc) is 3.22. The van der Waals surface area contributed by atoms with E-state index in [9.17, 15) is 9.59 Å². The molecule has 0 N–H and O–H groups in total. The Kier molecular flexibility index (Phi) is 3.87. The normalized spacial score (nSPS) is 13.3. The van der Waals surface area contributed by atoms with E-state index in [0.29, 0.717) is 24.2 Å². The highest BCUT2D eigenvalue weighted by atomic mass is 16.2. The number of aryl methyl sites for hydroxylation is 2. The number of rotatable bonds is 3. The Morgan fingerprint density at radius 2 is 2.04 bits per heavy atom. The molecule has 0 fully saturated rings. The van der Waals surface area contributed by atoms with E-state index in [1.165, 1.54) is 0 Å². The molecule has 0 saturated carbocycles. The molecule has 0 radical (unpaired) electrons. The zero-order valence-electron chi connectivity index (χ0n) is 15.2. The van der Waals surface area contributed by atoms with Gasteiger partial charge in [-0.05, 0) is 62.1 Å². The van der Waals surface area contributed by atoms with E-state index in [2.05, 4.69) is 4.98 Å². The molecule has 1 aromatic carbocycles. The lowest BCUT2D eigenvalue weighted by atomic mass is 10.1.